The maximum absolute atomic E-state index is 11.3. The zero-order chi connectivity index (χ0) is 15.7. The van der Waals surface area contributed by atoms with E-state index in [1.807, 2.05) is 6.55 Å². The number of nitrogens with two attached hydrogens (primary N) is 1. The van der Waals surface area contributed by atoms with Crippen molar-refractivity contribution in [3.05, 3.63) is 0 Å². The van der Waals surface area contributed by atoms with Crippen molar-refractivity contribution in [1.29, 1.82) is 0 Å². The summed E-state index contributed by atoms with van der Waals surface area (Å²) in [5.41, 5.74) is 5.30. The molecule has 0 aromatic carbocycles. The first kappa shape index (κ1) is 18.5. The van der Waals surface area contributed by atoms with Crippen LogP contribution < -0.4 is 11.1 Å². The molecule has 1 saturated heterocycles. The molecule has 0 radical (unpaired) electrons. The molecule has 10 heteroatoms. The Morgan fingerprint density at radius 1 is 1.45 bits per heavy atom. The molecule has 1 rings (SSSR count). The first-order valence-electron chi connectivity index (χ1n) is 6.06. The zero-order valence-electron chi connectivity index (χ0n) is 11.1. The second-order valence-corrected chi connectivity index (χ2v) is 4.75. The van der Waals surface area contributed by atoms with Gasteiger partial charge < -0.3 is 30.8 Å². The number of carbonyl (C=O) groups excluding carboxylic acids is 1. The second kappa shape index (κ2) is 9.42. The standard InChI is InChI=1S/C9H14N2O6.CH6OSi/c10-5(2-7(12)13)9(16)17-4-1-6(8(14)15)11-3-4;1-3-2/h4-6,11H,1-3,10H2,(H,12,13)(H,14,15);2H,3H2,1H3/t4-,5+,6+;/m1./s1. The van der Waals surface area contributed by atoms with Crippen molar-refractivity contribution in [1.82, 2.24) is 5.32 Å². The monoisotopic (exact) mass is 308 g/mol. The number of esters is 1. The van der Waals surface area contributed by atoms with E-state index in [0.717, 1.165) is 0 Å². The molecule has 1 fully saturated rings. The first-order valence-corrected chi connectivity index (χ1v) is 8.11. The van der Waals surface area contributed by atoms with Crippen LogP contribution in [0.2, 0.25) is 6.55 Å². The predicted molar refractivity (Wildman–Crippen MR) is 70.8 cm³/mol. The van der Waals surface area contributed by atoms with Gasteiger partial charge in [0.1, 0.15) is 18.2 Å². The predicted octanol–water partition coefficient (Wildman–Crippen LogP) is -2.74. The van der Waals surface area contributed by atoms with E-state index >= 15 is 0 Å². The van der Waals surface area contributed by atoms with E-state index in [1.54, 1.807) is 0 Å². The van der Waals surface area contributed by atoms with Gasteiger partial charge in [0, 0.05) is 13.0 Å². The molecule has 1 aliphatic rings. The molecule has 0 bridgehead atoms. The van der Waals surface area contributed by atoms with Crippen LogP contribution in [0.3, 0.4) is 0 Å². The van der Waals surface area contributed by atoms with Crippen LogP contribution in [0.25, 0.3) is 0 Å². The summed E-state index contributed by atoms with van der Waals surface area (Å²) in [5.74, 6) is -3.04. The minimum atomic E-state index is -1.23. The maximum Gasteiger partial charge on any atom is 0.323 e. The largest absolute Gasteiger partial charge is 0.481 e. The molecule has 0 aromatic heterocycles. The highest BCUT2D eigenvalue weighted by Gasteiger charge is 2.32. The lowest BCUT2D eigenvalue weighted by atomic mass is 10.2. The molecule has 0 unspecified atom stereocenters. The number of hydrogen-bond acceptors (Lipinski definition) is 7. The Hall–Kier alpha value is -1.49. The fraction of sp³-hybridized carbons (Fsp3) is 0.700. The lowest BCUT2D eigenvalue weighted by Gasteiger charge is -2.14. The number of rotatable bonds is 5. The molecule has 0 aliphatic carbocycles. The van der Waals surface area contributed by atoms with E-state index < -0.39 is 52.3 Å². The third-order valence-corrected chi connectivity index (χ3v) is 2.37. The van der Waals surface area contributed by atoms with Gasteiger partial charge in [0.2, 0.25) is 0 Å². The van der Waals surface area contributed by atoms with Crippen molar-refractivity contribution >= 4 is 27.7 Å². The summed E-state index contributed by atoms with van der Waals surface area (Å²) in [7, 11) is -0.583. The van der Waals surface area contributed by atoms with Gasteiger partial charge in [0.15, 0.2) is 9.76 Å². The van der Waals surface area contributed by atoms with Crippen LogP contribution in [0.4, 0.5) is 0 Å². The van der Waals surface area contributed by atoms with Crippen molar-refractivity contribution < 1.29 is 34.1 Å². The summed E-state index contributed by atoms with van der Waals surface area (Å²) in [6.45, 7) is 2.04. The topological polar surface area (TPSA) is 159 Å². The van der Waals surface area contributed by atoms with Crippen LogP contribution in [0.5, 0.6) is 0 Å². The molecular weight excluding hydrogens is 288 g/mol. The summed E-state index contributed by atoms with van der Waals surface area (Å²) in [6.07, 6.45) is -0.939. The van der Waals surface area contributed by atoms with Crippen LogP contribution in [0.15, 0.2) is 0 Å². The lowest BCUT2D eigenvalue weighted by Crippen LogP contribution is -2.37. The van der Waals surface area contributed by atoms with Gasteiger partial charge in [-0.2, -0.15) is 0 Å². The second-order valence-electron chi connectivity index (χ2n) is 4.11. The van der Waals surface area contributed by atoms with E-state index in [9.17, 15) is 14.4 Å². The highest BCUT2D eigenvalue weighted by Crippen LogP contribution is 2.11. The summed E-state index contributed by atoms with van der Waals surface area (Å²) >= 11 is 0. The van der Waals surface area contributed by atoms with Crippen LogP contribution in [0, 0.1) is 0 Å². The number of aliphatic carboxylic acids is 2. The Balaban J connectivity index is 0.00000110. The van der Waals surface area contributed by atoms with Gasteiger partial charge in [-0.25, -0.2) is 0 Å². The number of ether oxygens (including phenoxy) is 1. The summed E-state index contributed by atoms with van der Waals surface area (Å²) in [4.78, 5) is 40.0. The molecule has 0 saturated carbocycles. The van der Waals surface area contributed by atoms with Crippen molar-refractivity contribution in [2.75, 3.05) is 6.54 Å². The summed E-state index contributed by atoms with van der Waals surface area (Å²) in [5, 5.41) is 19.8. The van der Waals surface area contributed by atoms with Gasteiger partial charge in [-0.1, -0.05) is 6.55 Å². The number of carbonyl (C=O) groups is 3. The SMILES string of the molecule is C[SiH2]O.N[C@@H](CC(=O)O)C(=O)O[C@H]1CN[C@H](C(=O)O)C1. The lowest BCUT2D eigenvalue weighted by molar-refractivity contribution is -0.153. The Morgan fingerprint density at radius 3 is 2.40 bits per heavy atom. The Kier molecular flexibility index (Phi) is 8.71. The smallest absolute Gasteiger partial charge is 0.323 e. The number of hydrogen-bond donors (Lipinski definition) is 5. The third kappa shape index (κ3) is 7.18. The van der Waals surface area contributed by atoms with Crippen molar-refractivity contribution in [2.45, 2.75) is 37.6 Å². The van der Waals surface area contributed by atoms with Gasteiger partial charge in [-0.15, -0.1) is 0 Å². The van der Waals surface area contributed by atoms with Crippen molar-refractivity contribution in [2.24, 2.45) is 5.73 Å². The van der Waals surface area contributed by atoms with E-state index in [-0.39, 0.29) is 13.0 Å². The Labute approximate surface area is 118 Å². The van der Waals surface area contributed by atoms with Gasteiger partial charge in [-0.05, 0) is 0 Å². The van der Waals surface area contributed by atoms with Gasteiger partial charge >= 0.3 is 17.9 Å². The Bertz CT molecular complexity index is 352. The molecular formula is C10H20N2O7Si. The molecule has 1 heterocycles. The first-order chi connectivity index (χ1) is 9.31. The average Bonchev–Trinajstić information content (AvgIpc) is 2.77. The molecule has 6 N–H and O–H groups in total. The average molecular weight is 308 g/mol. The van der Waals surface area contributed by atoms with Crippen LogP contribution in [-0.4, -0.2) is 67.4 Å². The van der Waals surface area contributed by atoms with Crippen molar-refractivity contribution in [3.63, 3.8) is 0 Å². The van der Waals surface area contributed by atoms with Crippen LogP contribution in [0.1, 0.15) is 12.8 Å². The maximum atomic E-state index is 11.3. The number of nitrogens with one attached hydrogen (secondary N) is 1. The molecule has 3 atom stereocenters. The van der Waals surface area contributed by atoms with Gasteiger partial charge in [0.05, 0.1) is 6.42 Å². The van der Waals surface area contributed by atoms with Gasteiger partial charge in [-0.3, -0.25) is 14.4 Å². The van der Waals surface area contributed by atoms with Gasteiger partial charge in [0.25, 0.3) is 0 Å². The minimum Gasteiger partial charge on any atom is -0.481 e. The van der Waals surface area contributed by atoms with E-state index in [0.29, 0.717) is 0 Å². The quantitative estimate of drug-likeness (QED) is 0.268. The third-order valence-electron chi connectivity index (χ3n) is 2.37. The fourth-order valence-electron chi connectivity index (χ4n) is 1.50. The molecule has 9 nitrogen and oxygen atoms in total. The Morgan fingerprint density at radius 2 is 2.00 bits per heavy atom. The molecule has 116 valence electrons. The molecule has 20 heavy (non-hydrogen) atoms. The number of carboxylic acids is 2. The van der Waals surface area contributed by atoms with E-state index in [1.165, 1.54) is 0 Å². The zero-order valence-corrected chi connectivity index (χ0v) is 12.5. The molecule has 0 spiro atoms. The van der Waals surface area contributed by atoms with E-state index in [2.05, 4.69) is 5.32 Å². The fourth-order valence-corrected chi connectivity index (χ4v) is 1.50. The van der Waals surface area contributed by atoms with Crippen LogP contribution >= 0.6 is 0 Å². The molecule has 1 aliphatic heterocycles. The minimum absolute atomic E-state index is 0.154. The molecule has 0 amide bonds. The summed E-state index contributed by atoms with van der Waals surface area (Å²) in [6, 6.07) is -1.97. The highest BCUT2D eigenvalue weighted by molar-refractivity contribution is 6.22. The number of carboxylic acid groups (broad SMARTS) is 2. The highest BCUT2D eigenvalue weighted by atomic mass is 28.2. The van der Waals surface area contributed by atoms with E-state index in [4.69, 9.17) is 25.5 Å². The molecule has 0 aromatic rings. The van der Waals surface area contributed by atoms with Crippen molar-refractivity contribution in [3.8, 4) is 0 Å². The summed E-state index contributed by atoms with van der Waals surface area (Å²) < 4.78 is 4.90. The normalized spacial score (nSPS) is 22.9. The van der Waals surface area contributed by atoms with Crippen LogP contribution in [-0.2, 0) is 19.1 Å².